The van der Waals surface area contributed by atoms with Gasteiger partial charge in [-0.2, -0.15) is 0 Å². The predicted octanol–water partition coefficient (Wildman–Crippen LogP) is 3.30. The second-order valence-corrected chi connectivity index (χ2v) is 7.34. The molecule has 1 N–H and O–H groups in total. The molecule has 1 amide bonds. The standard InChI is InChI=1S/C17H22N2OS/c1-3-19-15-7-5-4-6-13(15)14-8-11-21-17(2,16(14)19)9-10-18-12-20/h4-7,12H,3,8-11H2,1-2H3,(H,18,20). The van der Waals surface area contributed by atoms with Crippen molar-refractivity contribution in [3.8, 4) is 0 Å². The molecule has 2 aromatic rings. The highest BCUT2D eigenvalue weighted by Crippen LogP contribution is 2.48. The average Bonchev–Trinajstić information content (AvgIpc) is 2.83. The van der Waals surface area contributed by atoms with Crippen LogP contribution in [0.2, 0.25) is 0 Å². The molecule has 0 saturated carbocycles. The van der Waals surface area contributed by atoms with Crippen LogP contribution in [0.15, 0.2) is 24.3 Å². The molecule has 1 atom stereocenters. The van der Waals surface area contributed by atoms with Crippen molar-refractivity contribution in [2.75, 3.05) is 12.3 Å². The van der Waals surface area contributed by atoms with Gasteiger partial charge in [-0.05, 0) is 44.1 Å². The number of aryl methyl sites for hydroxylation is 2. The topological polar surface area (TPSA) is 34.0 Å². The van der Waals surface area contributed by atoms with E-state index < -0.39 is 0 Å². The summed E-state index contributed by atoms with van der Waals surface area (Å²) in [4.78, 5) is 10.5. The zero-order valence-electron chi connectivity index (χ0n) is 12.7. The molecule has 3 rings (SSSR count). The van der Waals surface area contributed by atoms with Crippen molar-refractivity contribution in [2.45, 2.75) is 38.0 Å². The fourth-order valence-electron chi connectivity index (χ4n) is 3.57. The van der Waals surface area contributed by atoms with E-state index in [2.05, 4.69) is 48.0 Å². The van der Waals surface area contributed by atoms with Crippen LogP contribution in [0.25, 0.3) is 10.9 Å². The summed E-state index contributed by atoms with van der Waals surface area (Å²) in [6.07, 6.45) is 2.91. The van der Waals surface area contributed by atoms with Crippen LogP contribution in [-0.4, -0.2) is 23.3 Å². The number of fused-ring (bicyclic) bond motifs is 3. The summed E-state index contributed by atoms with van der Waals surface area (Å²) in [7, 11) is 0. The Morgan fingerprint density at radius 3 is 3.00 bits per heavy atom. The largest absolute Gasteiger partial charge is 0.359 e. The number of rotatable bonds is 5. The normalized spacial score (nSPS) is 21.2. The van der Waals surface area contributed by atoms with Gasteiger partial charge >= 0.3 is 0 Å². The molecule has 1 aliphatic rings. The lowest BCUT2D eigenvalue weighted by Crippen LogP contribution is -2.31. The van der Waals surface area contributed by atoms with Gasteiger partial charge < -0.3 is 9.88 Å². The third-order valence-electron chi connectivity index (χ3n) is 4.50. The number of nitrogens with zero attached hydrogens (tertiary/aromatic N) is 1. The van der Waals surface area contributed by atoms with Gasteiger partial charge in [-0.3, -0.25) is 4.79 Å². The summed E-state index contributed by atoms with van der Waals surface area (Å²) in [5.41, 5.74) is 4.33. The van der Waals surface area contributed by atoms with E-state index in [4.69, 9.17) is 0 Å². The lowest BCUT2D eigenvalue weighted by Gasteiger charge is -2.35. The lowest BCUT2D eigenvalue weighted by atomic mass is 9.95. The SMILES string of the molecule is CCn1c2c(c3ccccc31)CCSC2(C)CCNC=O. The Hall–Kier alpha value is -1.42. The van der Waals surface area contributed by atoms with Gasteiger partial charge in [0.05, 0.1) is 4.75 Å². The number of benzene rings is 1. The fourth-order valence-corrected chi connectivity index (χ4v) is 4.94. The van der Waals surface area contributed by atoms with Gasteiger partial charge in [-0.15, -0.1) is 11.8 Å². The molecule has 0 fully saturated rings. The minimum absolute atomic E-state index is 0.0820. The molecule has 1 aromatic heterocycles. The van der Waals surface area contributed by atoms with Gasteiger partial charge in [-0.1, -0.05) is 18.2 Å². The Morgan fingerprint density at radius 2 is 2.24 bits per heavy atom. The highest BCUT2D eigenvalue weighted by atomic mass is 32.2. The summed E-state index contributed by atoms with van der Waals surface area (Å²) < 4.78 is 2.55. The Bertz CT molecular complexity index is 631. The molecule has 0 aliphatic carbocycles. The summed E-state index contributed by atoms with van der Waals surface area (Å²) in [6.45, 7) is 6.27. The third kappa shape index (κ3) is 2.35. The minimum Gasteiger partial charge on any atom is -0.359 e. The number of amides is 1. The smallest absolute Gasteiger partial charge is 0.207 e. The second kappa shape index (κ2) is 5.76. The van der Waals surface area contributed by atoms with E-state index in [9.17, 15) is 4.79 Å². The molecular weight excluding hydrogens is 280 g/mol. The van der Waals surface area contributed by atoms with Gasteiger partial charge in [0.15, 0.2) is 0 Å². The number of carbonyl (C=O) groups excluding carboxylic acids is 1. The van der Waals surface area contributed by atoms with Crippen LogP contribution in [0.3, 0.4) is 0 Å². The highest BCUT2D eigenvalue weighted by molar-refractivity contribution is 8.00. The third-order valence-corrected chi connectivity index (χ3v) is 5.94. The van der Waals surface area contributed by atoms with Gasteiger partial charge in [0, 0.05) is 29.7 Å². The van der Waals surface area contributed by atoms with Crippen molar-refractivity contribution in [3.63, 3.8) is 0 Å². The summed E-state index contributed by atoms with van der Waals surface area (Å²) >= 11 is 2.03. The minimum atomic E-state index is 0.0820. The van der Waals surface area contributed by atoms with Crippen LogP contribution in [0.5, 0.6) is 0 Å². The van der Waals surface area contributed by atoms with Crippen molar-refractivity contribution in [1.29, 1.82) is 0 Å². The molecule has 21 heavy (non-hydrogen) atoms. The Morgan fingerprint density at radius 1 is 1.43 bits per heavy atom. The molecule has 0 radical (unpaired) electrons. The summed E-state index contributed by atoms with van der Waals surface area (Å²) in [5, 5.41) is 4.23. The van der Waals surface area contributed by atoms with Crippen molar-refractivity contribution >= 4 is 29.1 Å². The van der Waals surface area contributed by atoms with E-state index in [0.29, 0.717) is 0 Å². The fraction of sp³-hybridized carbons (Fsp3) is 0.471. The van der Waals surface area contributed by atoms with Crippen molar-refractivity contribution in [2.24, 2.45) is 0 Å². The predicted molar refractivity (Wildman–Crippen MR) is 89.8 cm³/mol. The number of para-hydroxylation sites is 1. The molecule has 112 valence electrons. The monoisotopic (exact) mass is 302 g/mol. The first-order valence-electron chi connectivity index (χ1n) is 7.63. The Labute approximate surface area is 130 Å². The number of hydrogen-bond donors (Lipinski definition) is 1. The first kappa shape index (κ1) is 14.5. The summed E-state index contributed by atoms with van der Waals surface area (Å²) in [5.74, 6) is 1.16. The number of thioether (sulfide) groups is 1. The maximum absolute atomic E-state index is 10.5. The van der Waals surface area contributed by atoms with E-state index in [1.165, 1.54) is 22.2 Å². The van der Waals surface area contributed by atoms with E-state index >= 15 is 0 Å². The molecular formula is C17H22N2OS. The Kier molecular flexibility index (Phi) is 3.98. The van der Waals surface area contributed by atoms with E-state index in [0.717, 1.165) is 38.1 Å². The van der Waals surface area contributed by atoms with Crippen LogP contribution in [0.1, 0.15) is 31.5 Å². The maximum atomic E-state index is 10.5. The van der Waals surface area contributed by atoms with Crippen LogP contribution < -0.4 is 5.32 Å². The molecule has 1 unspecified atom stereocenters. The zero-order chi connectivity index (χ0) is 14.9. The molecule has 1 aliphatic heterocycles. The number of aromatic nitrogens is 1. The number of hydrogen-bond acceptors (Lipinski definition) is 2. The van der Waals surface area contributed by atoms with Crippen molar-refractivity contribution < 1.29 is 4.79 Å². The van der Waals surface area contributed by atoms with Crippen LogP contribution >= 0.6 is 11.8 Å². The molecule has 4 heteroatoms. The van der Waals surface area contributed by atoms with Gasteiger partial charge in [0.1, 0.15) is 0 Å². The second-order valence-electron chi connectivity index (χ2n) is 5.74. The van der Waals surface area contributed by atoms with E-state index in [1.807, 2.05) is 11.8 Å². The maximum Gasteiger partial charge on any atom is 0.207 e. The summed E-state index contributed by atoms with van der Waals surface area (Å²) in [6, 6.07) is 8.74. The first-order valence-corrected chi connectivity index (χ1v) is 8.61. The Balaban J connectivity index is 2.13. The van der Waals surface area contributed by atoms with Crippen LogP contribution in [0.4, 0.5) is 0 Å². The van der Waals surface area contributed by atoms with Gasteiger partial charge in [0.25, 0.3) is 0 Å². The molecule has 0 saturated heterocycles. The van der Waals surface area contributed by atoms with Gasteiger partial charge in [0.2, 0.25) is 6.41 Å². The molecule has 2 heterocycles. The lowest BCUT2D eigenvalue weighted by molar-refractivity contribution is -0.109. The average molecular weight is 302 g/mol. The zero-order valence-corrected chi connectivity index (χ0v) is 13.5. The highest BCUT2D eigenvalue weighted by Gasteiger charge is 2.37. The van der Waals surface area contributed by atoms with Crippen molar-refractivity contribution in [1.82, 2.24) is 9.88 Å². The molecule has 0 bridgehead atoms. The van der Waals surface area contributed by atoms with Crippen molar-refractivity contribution in [3.05, 3.63) is 35.5 Å². The molecule has 0 spiro atoms. The van der Waals surface area contributed by atoms with E-state index in [1.54, 1.807) is 0 Å². The quantitative estimate of drug-likeness (QED) is 0.679. The van der Waals surface area contributed by atoms with E-state index in [-0.39, 0.29) is 4.75 Å². The first-order chi connectivity index (χ1) is 10.2. The van der Waals surface area contributed by atoms with Crippen LogP contribution in [0, 0.1) is 0 Å². The molecule has 3 nitrogen and oxygen atoms in total. The number of nitrogens with one attached hydrogen (secondary N) is 1. The van der Waals surface area contributed by atoms with Crippen LogP contribution in [-0.2, 0) is 22.5 Å². The number of carbonyl (C=O) groups is 1. The van der Waals surface area contributed by atoms with Gasteiger partial charge in [-0.25, -0.2) is 0 Å². The molecule has 1 aromatic carbocycles.